The van der Waals surface area contributed by atoms with E-state index in [9.17, 15) is 9.90 Å². The van der Waals surface area contributed by atoms with Gasteiger partial charge < -0.3 is 14.8 Å². The second-order valence-corrected chi connectivity index (χ2v) is 6.42. The van der Waals surface area contributed by atoms with Gasteiger partial charge in [0.15, 0.2) is 0 Å². The molecule has 0 aliphatic heterocycles. The van der Waals surface area contributed by atoms with Gasteiger partial charge in [0.2, 0.25) is 5.91 Å². The third-order valence-corrected chi connectivity index (χ3v) is 4.11. The Balaban J connectivity index is 1.91. The van der Waals surface area contributed by atoms with Gasteiger partial charge in [-0.1, -0.05) is 31.2 Å². The maximum atomic E-state index is 12.2. The molecule has 4 nitrogen and oxygen atoms in total. The number of nitrogens with one attached hydrogen (secondary N) is 1. The first-order valence-corrected chi connectivity index (χ1v) is 7.91. The summed E-state index contributed by atoms with van der Waals surface area (Å²) in [5, 5.41) is 13.2. The molecule has 0 radical (unpaired) electrons. The lowest BCUT2D eigenvalue weighted by Crippen LogP contribution is -2.38. The van der Waals surface area contributed by atoms with Gasteiger partial charge in [-0.05, 0) is 49.9 Å². The third kappa shape index (κ3) is 4.45. The second-order valence-electron chi connectivity index (χ2n) is 6.42. The standard InChI is InChI=1S/C19H25NO3/c1-13-7-5-6-8-16(13)14(2)11-18(21)20-12-19(4,22)17-10-9-15(3)23-17/h5-10,14,22H,11-12H2,1-4H3,(H,20,21). The smallest absolute Gasteiger partial charge is 0.220 e. The van der Waals surface area contributed by atoms with E-state index in [2.05, 4.69) is 11.4 Å². The van der Waals surface area contributed by atoms with Crippen LogP contribution >= 0.6 is 0 Å². The van der Waals surface area contributed by atoms with Gasteiger partial charge in [0.1, 0.15) is 17.1 Å². The molecular weight excluding hydrogens is 290 g/mol. The summed E-state index contributed by atoms with van der Waals surface area (Å²) in [7, 11) is 0. The summed E-state index contributed by atoms with van der Waals surface area (Å²) in [6.07, 6.45) is 0.387. The van der Waals surface area contributed by atoms with Crippen molar-refractivity contribution in [3.05, 3.63) is 59.0 Å². The highest BCUT2D eigenvalue weighted by Crippen LogP contribution is 2.24. The fourth-order valence-corrected chi connectivity index (χ4v) is 2.68. The zero-order valence-electron chi connectivity index (χ0n) is 14.2. The van der Waals surface area contributed by atoms with E-state index in [0.717, 1.165) is 5.76 Å². The van der Waals surface area contributed by atoms with E-state index in [4.69, 9.17) is 4.42 Å². The van der Waals surface area contributed by atoms with E-state index >= 15 is 0 Å². The number of benzene rings is 1. The number of hydrogen-bond donors (Lipinski definition) is 2. The topological polar surface area (TPSA) is 62.5 Å². The third-order valence-electron chi connectivity index (χ3n) is 4.11. The van der Waals surface area contributed by atoms with Gasteiger partial charge >= 0.3 is 0 Å². The van der Waals surface area contributed by atoms with Crippen LogP contribution in [-0.2, 0) is 10.4 Å². The molecule has 2 rings (SSSR count). The minimum absolute atomic E-state index is 0.0793. The van der Waals surface area contributed by atoms with Crippen molar-refractivity contribution in [2.45, 2.75) is 45.6 Å². The molecule has 1 aromatic carbocycles. The summed E-state index contributed by atoms with van der Waals surface area (Å²) in [5.41, 5.74) is 1.15. The van der Waals surface area contributed by atoms with Crippen LogP contribution < -0.4 is 5.32 Å². The highest BCUT2D eigenvalue weighted by Gasteiger charge is 2.27. The molecule has 2 atom stereocenters. The maximum absolute atomic E-state index is 12.2. The van der Waals surface area contributed by atoms with Crippen molar-refractivity contribution in [1.29, 1.82) is 0 Å². The highest BCUT2D eigenvalue weighted by atomic mass is 16.4. The first-order valence-electron chi connectivity index (χ1n) is 7.91. The lowest BCUT2D eigenvalue weighted by atomic mass is 9.93. The van der Waals surface area contributed by atoms with Crippen LogP contribution in [0, 0.1) is 13.8 Å². The minimum atomic E-state index is -1.21. The number of furan rings is 1. The van der Waals surface area contributed by atoms with Crippen LogP contribution in [0.2, 0.25) is 0 Å². The van der Waals surface area contributed by atoms with Crippen molar-refractivity contribution < 1.29 is 14.3 Å². The quantitative estimate of drug-likeness (QED) is 0.858. The average molecular weight is 315 g/mol. The average Bonchev–Trinajstić information content (AvgIpc) is 2.93. The molecule has 0 saturated carbocycles. The van der Waals surface area contributed by atoms with Gasteiger partial charge in [-0.2, -0.15) is 0 Å². The molecule has 0 spiro atoms. The van der Waals surface area contributed by atoms with Gasteiger partial charge in [0.05, 0.1) is 6.54 Å². The van der Waals surface area contributed by atoms with E-state index in [1.807, 2.05) is 39.0 Å². The number of carbonyl (C=O) groups is 1. The van der Waals surface area contributed by atoms with Crippen LogP contribution in [0.15, 0.2) is 40.8 Å². The molecule has 0 aliphatic rings. The number of carbonyl (C=O) groups excluding carboxylic acids is 1. The normalized spacial score (nSPS) is 15.0. The van der Waals surface area contributed by atoms with E-state index < -0.39 is 5.60 Å². The van der Waals surface area contributed by atoms with Crippen molar-refractivity contribution in [3.63, 3.8) is 0 Å². The second kappa shape index (κ2) is 7.01. The number of hydrogen-bond acceptors (Lipinski definition) is 3. The lowest BCUT2D eigenvalue weighted by Gasteiger charge is -2.22. The molecule has 1 aromatic heterocycles. The van der Waals surface area contributed by atoms with Gasteiger partial charge in [-0.15, -0.1) is 0 Å². The predicted octanol–water partition coefficient (Wildman–Crippen LogP) is 3.41. The van der Waals surface area contributed by atoms with E-state index in [1.165, 1.54) is 11.1 Å². The Kier molecular flexibility index (Phi) is 5.26. The van der Waals surface area contributed by atoms with Gasteiger partial charge in [-0.3, -0.25) is 4.79 Å². The van der Waals surface area contributed by atoms with Crippen molar-refractivity contribution in [3.8, 4) is 0 Å². The zero-order valence-corrected chi connectivity index (χ0v) is 14.2. The Labute approximate surface area is 137 Å². The van der Waals surface area contributed by atoms with Crippen LogP contribution in [-0.4, -0.2) is 17.6 Å². The summed E-state index contributed by atoms with van der Waals surface area (Å²) in [6.45, 7) is 7.67. The molecule has 1 amide bonds. The molecule has 0 saturated heterocycles. The number of rotatable bonds is 6. The van der Waals surface area contributed by atoms with Crippen molar-refractivity contribution in [1.82, 2.24) is 5.32 Å². The Morgan fingerprint density at radius 3 is 2.57 bits per heavy atom. The lowest BCUT2D eigenvalue weighted by molar-refractivity contribution is -0.122. The first-order chi connectivity index (χ1) is 10.8. The van der Waals surface area contributed by atoms with Crippen LogP contribution in [0.1, 0.15) is 48.8 Å². The van der Waals surface area contributed by atoms with Crippen molar-refractivity contribution in [2.75, 3.05) is 6.54 Å². The number of aliphatic hydroxyl groups is 1. The van der Waals surface area contributed by atoms with Gasteiger partial charge in [0.25, 0.3) is 0 Å². The van der Waals surface area contributed by atoms with Crippen LogP contribution in [0.25, 0.3) is 0 Å². The largest absolute Gasteiger partial charge is 0.463 e. The molecule has 2 unspecified atom stereocenters. The highest BCUT2D eigenvalue weighted by molar-refractivity contribution is 5.77. The van der Waals surface area contributed by atoms with Crippen molar-refractivity contribution >= 4 is 5.91 Å². The van der Waals surface area contributed by atoms with Crippen LogP contribution in [0.4, 0.5) is 0 Å². The molecule has 124 valence electrons. The molecule has 0 fully saturated rings. The first kappa shape index (κ1) is 17.3. The Bertz CT molecular complexity index is 673. The van der Waals surface area contributed by atoms with Crippen LogP contribution in [0.3, 0.4) is 0 Å². The summed E-state index contributed by atoms with van der Waals surface area (Å²) in [4.78, 5) is 12.2. The SMILES string of the molecule is Cc1ccc(C(C)(O)CNC(=O)CC(C)c2ccccc2C)o1. The van der Waals surface area contributed by atoms with Crippen LogP contribution in [0.5, 0.6) is 0 Å². The Morgan fingerprint density at radius 2 is 1.96 bits per heavy atom. The summed E-state index contributed by atoms with van der Waals surface area (Å²) in [5.74, 6) is 1.25. The molecule has 4 heteroatoms. The number of amides is 1. The fraction of sp³-hybridized carbons (Fsp3) is 0.421. The van der Waals surface area contributed by atoms with E-state index in [0.29, 0.717) is 12.2 Å². The summed E-state index contributed by atoms with van der Waals surface area (Å²) in [6, 6.07) is 11.6. The molecular formula is C19H25NO3. The Morgan fingerprint density at radius 1 is 1.26 bits per heavy atom. The molecule has 23 heavy (non-hydrogen) atoms. The molecule has 1 heterocycles. The molecule has 0 aliphatic carbocycles. The molecule has 2 N–H and O–H groups in total. The Hall–Kier alpha value is -2.07. The summed E-state index contributed by atoms with van der Waals surface area (Å²) < 4.78 is 5.45. The maximum Gasteiger partial charge on any atom is 0.220 e. The number of aryl methyl sites for hydroxylation is 2. The van der Waals surface area contributed by atoms with E-state index in [1.54, 1.807) is 19.1 Å². The zero-order chi connectivity index (χ0) is 17.0. The van der Waals surface area contributed by atoms with Gasteiger partial charge in [0, 0.05) is 6.42 Å². The van der Waals surface area contributed by atoms with Gasteiger partial charge in [-0.25, -0.2) is 0 Å². The summed E-state index contributed by atoms with van der Waals surface area (Å²) >= 11 is 0. The van der Waals surface area contributed by atoms with Crippen molar-refractivity contribution in [2.24, 2.45) is 0 Å². The fourth-order valence-electron chi connectivity index (χ4n) is 2.68. The van der Waals surface area contributed by atoms with E-state index in [-0.39, 0.29) is 18.4 Å². The molecule has 0 bridgehead atoms. The minimum Gasteiger partial charge on any atom is -0.463 e. The predicted molar refractivity (Wildman–Crippen MR) is 90.2 cm³/mol. The molecule has 2 aromatic rings. The monoisotopic (exact) mass is 315 g/mol.